The van der Waals surface area contributed by atoms with Crippen LogP contribution in [0.2, 0.25) is 0 Å². The van der Waals surface area contributed by atoms with Crippen LogP contribution in [0.5, 0.6) is 0 Å². The van der Waals surface area contributed by atoms with Crippen LogP contribution in [0.1, 0.15) is 38.2 Å². The normalized spacial score (nSPS) is 24.7. The van der Waals surface area contributed by atoms with Crippen molar-refractivity contribution >= 4 is 46.0 Å². The Morgan fingerprint density at radius 3 is 2.54 bits per heavy atom. The van der Waals surface area contributed by atoms with Crippen LogP contribution in [0.3, 0.4) is 0 Å². The van der Waals surface area contributed by atoms with Crippen LogP contribution >= 0.6 is 23.1 Å². The summed E-state index contributed by atoms with van der Waals surface area (Å²) in [5, 5.41) is 33.6. The maximum Gasteiger partial charge on any atom is 1.00 e. The van der Waals surface area contributed by atoms with Gasteiger partial charge in [0, 0.05) is 47.1 Å². The van der Waals surface area contributed by atoms with Gasteiger partial charge in [-0.25, -0.2) is 4.98 Å². The van der Waals surface area contributed by atoms with E-state index in [0.717, 1.165) is 5.13 Å². The van der Waals surface area contributed by atoms with Crippen molar-refractivity contribution in [3.8, 4) is 0 Å². The molecule has 0 saturated carbocycles. The number of aliphatic carboxylic acids is 1. The van der Waals surface area contributed by atoms with Gasteiger partial charge in [-0.1, -0.05) is 6.92 Å². The monoisotopic (exact) mass is 532 g/mol. The Labute approximate surface area is 234 Å². The predicted octanol–water partition coefficient (Wildman–Crippen LogP) is -3.27. The van der Waals surface area contributed by atoms with Crippen LogP contribution < -0.4 is 39.6 Å². The molecule has 1 aromatic heterocycles. The van der Waals surface area contributed by atoms with Crippen LogP contribution in [0.25, 0.3) is 0 Å². The third kappa shape index (κ3) is 5.03. The second-order valence-corrected chi connectivity index (χ2v) is 11.4. The molecule has 4 rings (SSSR count). The number of β-lactam (4-membered cyclic amide) rings is 1. The first-order valence-corrected chi connectivity index (χ1v) is 13.1. The number of fused-ring (bicyclic) bond motifs is 1. The number of aliphatic hydroxyl groups is 2. The van der Waals surface area contributed by atoms with Gasteiger partial charge in [-0.15, -0.1) is 23.1 Å². The van der Waals surface area contributed by atoms with E-state index in [9.17, 15) is 29.7 Å². The molecular formula is C22H29N4NaO6S2. The fraction of sp³-hybridized carbons (Fsp3) is 0.636. The maximum absolute atomic E-state index is 12.7. The van der Waals surface area contributed by atoms with Gasteiger partial charge < -0.3 is 34.8 Å². The van der Waals surface area contributed by atoms with E-state index in [-0.39, 0.29) is 83.5 Å². The number of hydrogen-bond acceptors (Lipinski definition) is 10. The summed E-state index contributed by atoms with van der Waals surface area (Å²) < 4.78 is 0. The Morgan fingerprint density at radius 2 is 2.00 bits per heavy atom. The zero-order valence-electron chi connectivity index (χ0n) is 20.5. The summed E-state index contributed by atoms with van der Waals surface area (Å²) in [5.74, 6) is -2.74. The molecule has 1 aromatic rings. The minimum absolute atomic E-state index is 0. The number of carbonyl (C=O) groups is 3. The molecule has 4 heterocycles. The molecule has 10 nitrogen and oxygen atoms in total. The number of carboxylic acids is 1. The topological polar surface area (TPSA) is 137 Å². The molecule has 35 heavy (non-hydrogen) atoms. The molecular weight excluding hydrogens is 503 g/mol. The summed E-state index contributed by atoms with van der Waals surface area (Å²) in [6, 6.07) is -0.407. The van der Waals surface area contributed by atoms with E-state index in [1.54, 1.807) is 17.2 Å². The van der Waals surface area contributed by atoms with Crippen molar-refractivity contribution in [2.24, 2.45) is 11.8 Å². The molecule has 0 aliphatic carbocycles. The standard InChI is InChI=1S/C22H30N4O6S2.Na/c1-10(2)25(5-6-27)19(29)14-9-33-22(23-14)24-7-13(8-24)34-18-11(3)16-15(12(4)28)20(30)26(16)17(18)21(31)32;/h9-13,15-16,27-28H,5-8H2,1-4H3,(H,31,32);/q;+1/p-1/t11-,12-,15-,16-;/m1./s1. The van der Waals surface area contributed by atoms with Crippen molar-refractivity contribution in [1.29, 1.82) is 0 Å². The molecule has 13 heteroatoms. The fourth-order valence-electron chi connectivity index (χ4n) is 4.87. The Morgan fingerprint density at radius 1 is 1.34 bits per heavy atom. The van der Waals surface area contributed by atoms with Crippen molar-refractivity contribution in [1.82, 2.24) is 14.8 Å². The molecule has 3 aliphatic rings. The van der Waals surface area contributed by atoms with Crippen molar-refractivity contribution in [3.05, 3.63) is 21.7 Å². The van der Waals surface area contributed by atoms with Crippen molar-refractivity contribution in [3.63, 3.8) is 0 Å². The minimum atomic E-state index is -1.37. The molecule has 186 valence electrons. The van der Waals surface area contributed by atoms with Gasteiger partial charge in [-0.2, -0.15) is 0 Å². The van der Waals surface area contributed by atoms with Gasteiger partial charge in [0.25, 0.3) is 5.91 Å². The van der Waals surface area contributed by atoms with Crippen LogP contribution in [0.15, 0.2) is 16.0 Å². The van der Waals surface area contributed by atoms with E-state index in [0.29, 0.717) is 23.7 Å². The quantitative estimate of drug-likeness (QED) is 0.248. The average molecular weight is 533 g/mol. The fourth-order valence-corrected chi connectivity index (χ4v) is 7.21. The third-order valence-electron chi connectivity index (χ3n) is 6.65. The van der Waals surface area contributed by atoms with Gasteiger partial charge in [0.2, 0.25) is 5.91 Å². The zero-order valence-corrected chi connectivity index (χ0v) is 24.1. The van der Waals surface area contributed by atoms with Gasteiger partial charge in [-0.3, -0.25) is 9.59 Å². The summed E-state index contributed by atoms with van der Waals surface area (Å²) in [6.07, 6.45) is -0.839. The largest absolute Gasteiger partial charge is 1.00 e. The Balaban J connectivity index is 0.00000342. The van der Waals surface area contributed by atoms with Crippen molar-refractivity contribution in [2.75, 3.05) is 31.1 Å². The molecule has 0 unspecified atom stereocenters. The molecule has 2 amide bonds. The summed E-state index contributed by atoms with van der Waals surface area (Å²) >= 11 is 2.82. The summed E-state index contributed by atoms with van der Waals surface area (Å²) in [4.78, 5) is 47.0. The molecule has 0 aromatic carbocycles. The van der Waals surface area contributed by atoms with Crippen LogP contribution in [0, 0.1) is 11.8 Å². The molecule has 0 spiro atoms. The van der Waals surface area contributed by atoms with E-state index in [1.807, 2.05) is 25.7 Å². The first kappa shape index (κ1) is 28.4. The van der Waals surface area contributed by atoms with Crippen LogP contribution in [0.4, 0.5) is 5.13 Å². The molecule has 2 saturated heterocycles. The van der Waals surface area contributed by atoms with Crippen LogP contribution in [-0.2, 0) is 9.59 Å². The van der Waals surface area contributed by atoms with Gasteiger partial charge in [0.15, 0.2) is 5.13 Å². The zero-order chi connectivity index (χ0) is 24.9. The maximum atomic E-state index is 12.7. The summed E-state index contributed by atoms with van der Waals surface area (Å²) in [5.41, 5.74) is 0.277. The molecule has 2 N–H and O–H groups in total. The van der Waals surface area contributed by atoms with E-state index in [1.165, 1.54) is 28.0 Å². The van der Waals surface area contributed by atoms with Crippen molar-refractivity contribution in [2.45, 2.75) is 51.1 Å². The van der Waals surface area contributed by atoms with E-state index >= 15 is 0 Å². The number of aromatic nitrogens is 1. The molecule has 2 fully saturated rings. The molecule has 0 radical (unpaired) electrons. The number of thioether (sulfide) groups is 1. The number of rotatable bonds is 9. The Bertz CT molecular complexity index is 1030. The Kier molecular flexibility index (Phi) is 8.99. The van der Waals surface area contributed by atoms with Gasteiger partial charge in [-0.05, 0) is 20.8 Å². The van der Waals surface area contributed by atoms with Gasteiger partial charge in [0.1, 0.15) is 5.69 Å². The van der Waals surface area contributed by atoms with E-state index in [4.69, 9.17) is 0 Å². The summed E-state index contributed by atoms with van der Waals surface area (Å²) in [6.45, 7) is 8.61. The number of carboxylic acid groups (broad SMARTS) is 1. The molecule has 0 bridgehead atoms. The van der Waals surface area contributed by atoms with Gasteiger partial charge >= 0.3 is 29.6 Å². The third-order valence-corrected chi connectivity index (χ3v) is 9.00. The van der Waals surface area contributed by atoms with E-state index in [2.05, 4.69) is 4.98 Å². The van der Waals surface area contributed by atoms with E-state index < -0.39 is 18.0 Å². The van der Waals surface area contributed by atoms with Gasteiger partial charge in [0.05, 0.1) is 36.3 Å². The average Bonchev–Trinajstić information content (AvgIpc) is 3.29. The van der Waals surface area contributed by atoms with Crippen LogP contribution in [-0.4, -0.2) is 92.5 Å². The first-order valence-electron chi connectivity index (χ1n) is 11.3. The predicted molar refractivity (Wildman–Crippen MR) is 126 cm³/mol. The SMILES string of the molecule is CC(C)N(CCO)C(=O)c1csc(N2CC(SC3=C(C(=O)[O-])N4C(=O)[C@H]([C@@H](C)O)[C@H]4[C@H]3C)C2)n1.[Na+]. The smallest absolute Gasteiger partial charge is 0.543 e. The number of carbonyl (C=O) groups excluding carboxylic acids is 3. The second kappa shape index (κ2) is 11.1. The Hall–Kier alpha value is -1.15. The number of aliphatic hydroxyl groups excluding tert-OH is 2. The number of hydrogen-bond donors (Lipinski definition) is 2. The number of nitrogens with zero attached hydrogens (tertiary/aromatic N) is 4. The minimum Gasteiger partial charge on any atom is -0.543 e. The number of amides is 2. The number of anilines is 1. The molecule has 3 aliphatic heterocycles. The first-order chi connectivity index (χ1) is 16.1. The van der Waals surface area contributed by atoms with Crippen molar-refractivity contribution < 1.29 is 59.3 Å². The molecule has 4 atom stereocenters. The second-order valence-electron chi connectivity index (χ2n) is 9.23. The number of thiazole rings is 1. The summed E-state index contributed by atoms with van der Waals surface area (Å²) in [7, 11) is 0.